The predicted octanol–water partition coefficient (Wildman–Crippen LogP) is 4.41. The van der Waals surface area contributed by atoms with Gasteiger partial charge in [-0.15, -0.1) is 35.3 Å². The molecule has 0 radical (unpaired) electrons. The average molecular weight is 518 g/mol. The number of benzene rings is 1. The van der Waals surface area contributed by atoms with Crippen molar-refractivity contribution in [3.05, 3.63) is 51.1 Å². The number of H-pyrrole nitrogens is 1. The van der Waals surface area contributed by atoms with Crippen molar-refractivity contribution in [3.63, 3.8) is 0 Å². The fraction of sp³-hybridized carbons (Fsp3) is 0.368. The Morgan fingerprint density at radius 3 is 2.74 bits per heavy atom. The normalized spacial score (nSPS) is 11.4. The quantitative estimate of drug-likeness (QED) is 0.247. The highest BCUT2D eigenvalue weighted by molar-refractivity contribution is 14.0. The summed E-state index contributed by atoms with van der Waals surface area (Å²) in [6, 6.07) is 5.92. The van der Waals surface area contributed by atoms with Crippen molar-refractivity contribution in [2.45, 2.75) is 26.2 Å². The van der Waals surface area contributed by atoms with E-state index in [1.165, 1.54) is 20.8 Å². The molecule has 0 fully saturated rings. The number of aryl methyl sites for hydroxylation is 1. The minimum atomic E-state index is 0. The molecule has 5 nitrogen and oxygen atoms in total. The Bertz CT molecular complexity index is 889. The summed E-state index contributed by atoms with van der Waals surface area (Å²) in [6.45, 7) is 3.78. The standard InChI is InChI=1S/C19H24ClN5S.HI/c1-3-15-12-25-18(26-15)7-9-23-19(21-2)22-8-6-13-11-24-17-5-4-14(20)10-16(13)17;/h4-5,10-12,24H,3,6-9H2,1-2H3,(H2,21,22,23);1H. The van der Waals surface area contributed by atoms with E-state index in [4.69, 9.17) is 11.6 Å². The SMILES string of the molecule is CCc1cnc(CCNC(=NC)NCCc2c[nH]c3ccc(Cl)cc23)s1.I. The maximum atomic E-state index is 6.11. The molecule has 1 aromatic carbocycles. The molecule has 2 aromatic heterocycles. The van der Waals surface area contributed by atoms with Gasteiger partial charge < -0.3 is 15.6 Å². The van der Waals surface area contributed by atoms with Crippen LogP contribution in [-0.2, 0) is 19.3 Å². The molecule has 0 aliphatic rings. The van der Waals surface area contributed by atoms with Gasteiger partial charge in [0.25, 0.3) is 0 Å². The highest BCUT2D eigenvalue weighted by atomic mass is 127. The fourth-order valence-electron chi connectivity index (χ4n) is 2.81. The zero-order valence-corrected chi connectivity index (χ0v) is 19.4. The van der Waals surface area contributed by atoms with Gasteiger partial charge in [0.05, 0.1) is 5.01 Å². The van der Waals surface area contributed by atoms with Gasteiger partial charge in [-0.3, -0.25) is 4.99 Å². The van der Waals surface area contributed by atoms with Gasteiger partial charge in [0.2, 0.25) is 0 Å². The van der Waals surface area contributed by atoms with E-state index < -0.39 is 0 Å². The maximum Gasteiger partial charge on any atom is 0.191 e. The topological polar surface area (TPSA) is 65.1 Å². The van der Waals surface area contributed by atoms with Crippen LogP contribution in [0.15, 0.2) is 35.6 Å². The van der Waals surface area contributed by atoms with Gasteiger partial charge in [-0.2, -0.15) is 0 Å². The number of halogens is 2. The molecule has 0 bridgehead atoms. The van der Waals surface area contributed by atoms with Crippen molar-refractivity contribution < 1.29 is 0 Å². The summed E-state index contributed by atoms with van der Waals surface area (Å²) >= 11 is 7.89. The number of nitrogens with one attached hydrogen (secondary N) is 3. The number of hydrogen-bond acceptors (Lipinski definition) is 3. The number of guanidine groups is 1. The highest BCUT2D eigenvalue weighted by Crippen LogP contribution is 2.22. The summed E-state index contributed by atoms with van der Waals surface area (Å²) in [5, 5.41) is 9.82. The summed E-state index contributed by atoms with van der Waals surface area (Å²) in [5.41, 5.74) is 2.36. The van der Waals surface area contributed by atoms with E-state index in [2.05, 4.69) is 32.5 Å². The van der Waals surface area contributed by atoms with Crippen LogP contribution in [0.25, 0.3) is 10.9 Å². The number of nitrogens with zero attached hydrogens (tertiary/aromatic N) is 2. The maximum absolute atomic E-state index is 6.11. The van der Waals surface area contributed by atoms with Crippen LogP contribution in [0, 0.1) is 0 Å². The Balaban J connectivity index is 0.00000261. The molecule has 0 amide bonds. The Morgan fingerprint density at radius 1 is 1.26 bits per heavy atom. The van der Waals surface area contributed by atoms with E-state index in [0.717, 1.165) is 48.9 Å². The molecule has 3 aromatic rings. The van der Waals surface area contributed by atoms with Gasteiger partial charge in [-0.05, 0) is 36.6 Å². The smallest absolute Gasteiger partial charge is 0.191 e. The van der Waals surface area contributed by atoms with Crippen LogP contribution in [0.1, 0.15) is 22.4 Å². The monoisotopic (exact) mass is 517 g/mol. The van der Waals surface area contributed by atoms with Gasteiger partial charge in [-0.25, -0.2) is 4.98 Å². The lowest BCUT2D eigenvalue weighted by atomic mass is 10.1. The molecular weight excluding hydrogens is 493 g/mol. The second-order valence-corrected chi connectivity index (χ2v) is 7.64. The molecule has 0 aliphatic carbocycles. The van der Waals surface area contributed by atoms with Crippen LogP contribution in [0.4, 0.5) is 0 Å². The van der Waals surface area contributed by atoms with Gasteiger partial charge in [-0.1, -0.05) is 18.5 Å². The zero-order chi connectivity index (χ0) is 18.4. The van der Waals surface area contributed by atoms with E-state index in [9.17, 15) is 0 Å². The second kappa shape index (κ2) is 10.9. The second-order valence-electron chi connectivity index (χ2n) is 6.00. The van der Waals surface area contributed by atoms with Gasteiger partial charge in [0.15, 0.2) is 5.96 Å². The van der Waals surface area contributed by atoms with Gasteiger partial charge in [0, 0.05) is 59.8 Å². The van der Waals surface area contributed by atoms with Gasteiger partial charge in [0.1, 0.15) is 0 Å². The van der Waals surface area contributed by atoms with Crippen molar-refractivity contribution in [1.29, 1.82) is 0 Å². The Kier molecular flexibility index (Phi) is 8.85. The Morgan fingerprint density at radius 2 is 2.04 bits per heavy atom. The third kappa shape index (κ3) is 6.08. The molecule has 0 unspecified atom stereocenters. The van der Waals surface area contributed by atoms with Crippen LogP contribution >= 0.6 is 46.9 Å². The number of aliphatic imine (C=N–C) groups is 1. The summed E-state index contributed by atoms with van der Waals surface area (Å²) in [6.07, 6.45) is 6.88. The molecule has 8 heteroatoms. The first-order chi connectivity index (χ1) is 12.7. The molecule has 146 valence electrons. The lowest BCUT2D eigenvalue weighted by Gasteiger charge is -2.11. The Hall–Kier alpha value is -1.32. The predicted molar refractivity (Wildman–Crippen MR) is 127 cm³/mol. The summed E-state index contributed by atoms with van der Waals surface area (Å²) in [4.78, 5) is 13.4. The van der Waals surface area contributed by atoms with E-state index in [1.54, 1.807) is 18.4 Å². The summed E-state index contributed by atoms with van der Waals surface area (Å²) < 4.78 is 0. The van der Waals surface area contributed by atoms with Crippen molar-refractivity contribution >= 4 is 63.8 Å². The molecule has 3 rings (SSSR count). The molecule has 0 aliphatic heterocycles. The average Bonchev–Trinajstić information content (AvgIpc) is 3.27. The van der Waals surface area contributed by atoms with Crippen molar-refractivity contribution in [2.75, 3.05) is 20.1 Å². The number of thiazole rings is 1. The van der Waals surface area contributed by atoms with E-state index >= 15 is 0 Å². The lowest BCUT2D eigenvalue weighted by molar-refractivity contribution is 0.783. The number of fused-ring (bicyclic) bond motifs is 1. The molecule has 0 spiro atoms. The molecule has 3 N–H and O–H groups in total. The number of aromatic amines is 1. The minimum absolute atomic E-state index is 0. The third-order valence-corrected chi connectivity index (χ3v) is 5.66. The number of rotatable bonds is 7. The molecule has 0 saturated carbocycles. The lowest BCUT2D eigenvalue weighted by Crippen LogP contribution is -2.39. The van der Waals surface area contributed by atoms with Crippen LogP contribution in [0.2, 0.25) is 5.02 Å². The largest absolute Gasteiger partial charge is 0.361 e. The Labute approximate surface area is 186 Å². The van der Waals surface area contributed by atoms with Crippen LogP contribution in [-0.4, -0.2) is 36.1 Å². The molecular formula is C19H25ClIN5S. The molecule has 27 heavy (non-hydrogen) atoms. The van der Waals surface area contributed by atoms with Crippen LogP contribution in [0.3, 0.4) is 0 Å². The third-order valence-electron chi connectivity index (χ3n) is 4.22. The number of aromatic nitrogens is 2. The fourth-order valence-corrected chi connectivity index (χ4v) is 3.84. The summed E-state index contributed by atoms with van der Waals surface area (Å²) in [7, 11) is 1.79. The van der Waals surface area contributed by atoms with E-state index in [-0.39, 0.29) is 24.0 Å². The first-order valence-corrected chi connectivity index (χ1v) is 10.0. The zero-order valence-electron chi connectivity index (χ0n) is 15.5. The van der Waals surface area contributed by atoms with Gasteiger partial charge >= 0.3 is 0 Å². The van der Waals surface area contributed by atoms with Crippen molar-refractivity contribution in [2.24, 2.45) is 4.99 Å². The molecule has 0 saturated heterocycles. The minimum Gasteiger partial charge on any atom is -0.361 e. The molecule has 0 atom stereocenters. The highest BCUT2D eigenvalue weighted by Gasteiger charge is 2.05. The van der Waals surface area contributed by atoms with Crippen molar-refractivity contribution in [3.8, 4) is 0 Å². The number of hydrogen-bond donors (Lipinski definition) is 3. The first kappa shape index (κ1) is 22.0. The molecule has 2 heterocycles. The summed E-state index contributed by atoms with van der Waals surface area (Å²) in [5.74, 6) is 0.815. The van der Waals surface area contributed by atoms with E-state index in [1.807, 2.05) is 30.6 Å². The van der Waals surface area contributed by atoms with Crippen molar-refractivity contribution in [1.82, 2.24) is 20.6 Å². The first-order valence-electron chi connectivity index (χ1n) is 8.83. The van der Waals surface area contributed by atoms with Crippen LogP contribution in [0.5, 0.6) is 0 Å². The van der Waals surface area contributed by atoms with Crippen LogP contribution < -0.4 is 10.6 Å². The van der Waals surface area contributed by atoms with E-state index in [0.29, 0.717) is 0 Å².